The van der Waals surface area contributed by atoms with Crippen LogP contribution < -0.4 is 4.90 Å². The Hall–Kier alpha value is -2.22. The largest absolute Gasteiger partial charge is 0.312 e. The Morgan fingerprint density at radius 3 is 3.09 bits per heavy atom. The Morgan fingerprint density at radius 1 is 1.50 bits per heavy atom. The van der Waals surface area contributed by atoms with Crippen LogP contribution in [0.5, 0.6) is 0 Å². The van der Waals surface area contributed by atoms with Gasteiger partial charge in [0.1, 0.15) is 0 Å². The number of tetrazole rings is 1. The van der Waals surface area contributed by atoms with Gasteiger partial charge in [-0.25, -0.2) is 0 Å². The third-order valence-corrected chi connectivity index (χ3v) is 4.53. The molecule has 2 heterocycles. The van der Waals surface area contributed by atoms with E-state index in [1.54, 1.807) is 11.8 Å². The zero-order valence-electron chi connectivity index (χ0n) is 12.0. The summed E-state index contributed by atoms with van der Waals surface area (Å²) in [4.78, 5) is 25.0. The standard InChI is InChI=1S/C14H15N5O2S/c1-9(20)22-8-10-5-13(21)19(7-10)12-4-2-3-11(6-12)14-15-17-18-16-14/h2-4,6,10H,5,7-8H2,1H3,(H,15,16,17,18). The van der Waals surface area contributed by atoms with E-state index in [1.165, 1.54) is 11.8 Å². The molecule has 1 fully saturated rings. The quantitative estimate of drug-likeness (QED) is 0.919. The number of amides is 1. The van der Waals surface area contributed by atoms with Crippen molar-refractivity contribution in [3.63, 3.8) is 0 Å². The summed E-state index contributed by atoms with van der Waals surface area (Å²) >= 11 is 1.28. The number of hydrogen-bond acceptors (Lipinski definition) is 6. The fourth-order valence-electron chi connectivity index (χ4n) is 2.47. The second-order valence-corrected chi connectivity index (χ2v) is 6.36. The van der Waals surface area contributed by atoms with Gasteiger partial charge in [0.15, 0.2) is 5.12 Å². The lowest BCUT2D eigenvalue weighted by molar-refractivity contribution is -0.117. The maximum absolute atomic E-state index is 12.2. The van der Waals surface area contributed by atoms with Crippen molar-refractivity contribution in [2.75, 3.05) is 17.2 Å². The van der Waals surface area contributed by atoms with Crippen molar-refractivity contribution in [2.24, 2.45) is 5.92 Å². The maximum Gasteiger partial charge on any atom is 0.227 e. The molecule has 1 amide bonds. The molecule has 8 heteroatoms. The van der Waals surface area contributed by atoms with Crippen LogP contribution in [0.1, 0.15) is 13.3 Å². The van der Waals surface area contributed by atoms with Crippen LogP contribution in [0.3, 0.4) is 0 Å². The summed E-state index contributed by atoms with van der Waals surface area (Å²) in [6.45, 7) is 2.18. The summed E-state index contributed by atoms with van der Waals surface area (Å²) < 4.78 is 0. The van der Waals surface area contributed by atoms with Crippen molar-refractivity contribution in [1.29, 1.82) is 0 Å². The fraction of sp³-hybridized carbons (Fsp3) is 0.357. The van der Waals surface area contributed by atoms with Gasteiger partial charge in [0, 0.05) is 36.9 Å². The molecule has 1 aromatic carbocycles. The van der Waals surface area contributed by atoms with Crippen molar-refractivity contribution in [1.82, 2.24) is 20.6 Å². The molecule has 1 atom stereocenters. The second kappa shape index (κ2) is 6.27. The van der Waals surface area contributed by atoms with E-state index in [0.29, 0.717) is 24.5 Å². The van der Waals surface area contributed by atoms with Crippen LogP contribution in [0.4, 0.5) is 5.69 Å². The van der Waals surface area contributed by atoms with Crippen molar-refractivity contribution < 1.29 is 9.59 Å². The third-order valence-electron chi connectivity index (χ3n) is 3.49. The number of benzene rings is 1. The van der Waals surface area contributed by atoms with Crippen LogP contribution in [0.15, 0.2) is 24.3 Å². The summed E-state index contributed by atoms with van der Waals surface area (Å²) in [6, 6.07) is 7.51. The number of rotatable bonds is 4. The van der Waals surface area contributed by atoms with Crippen molar-refractivity contribution >= 4 is 28.5 Å². The van der Waals surface area contributed by atoms with Gasteiger partial charge >= 0.3 is 0 Å². The SMILES string of the molecule is CC(=O)SCC1CC(=O)N(c2cccc(-c3nn[nH]n3)c2)C1. The number of carbonyl (C=O) groups is 2. The minimum Gasteiger partial charge on any atom is -0.312 e. The number of thioether (sulfide) groups is 1. The van der Waals surface area contributed by atoms with E-state index < -0.39 is 0 Å². The molecule has 0 spiro atoms. The maximum atomic E-state index is 12.2. The minimum absolute atomic E-state index is 0.0828. The van der Waals surface area contributed by atoms with Gasteiger partial charge in [0.2, 0.25) is 11.7 Å². The predicted molar refractivity (Wildman–Crippen MR) is 83.2 cm³/mol. The summed E-state index contributed by atoms with van der Waals surface area (Å²) in [6.07, 6.45) is 0.479. The van der Waals surface area contributed by atoms with Gasteiger partial charge in [-0.3, -0.25) is 9.59 Å². The minimum atomic E-state index is 0.0828. The fourth-order valence-corrected chi connectivity index (χ4v) is 3.17. The molecule has 2 aromatic rings. The number of aromatic amines is 1. The van der Waals surface area contributed by atoms with Crippen LogP contribution in [-0.2, 0) is 9.59 Å². The number of H-pyrrole nitrogens is 1. The van der Waals surface area contributed by atoms with Gasteiger partial charge in [0.25, 0.3) is 0 Å². The van der Waals surface area contributed by atoms with E-state index in [1.807, 2.05) is 24.3 Å². The summed E-state index contributed by atoms with van der Waals surface area (Å²) in [5, 5.41) is 13.9. The van der Waals surface area contributed by atoms with Crippen LogP contribution in [0.25, 0.3) is 11.4 Å². The van der Waals surface area contributed by atoms with Crippen molar-refractivity contribution in [3.05, 3.63) is 24.3 Å². The average molecular weight is 317 g/mol. The molecule has 1 saturated heterocycles. The van der Waals surface area contributed by atoms with E-state index in [4.69, 9.17) is 0 Å². The molecule has 1 N–H and O–H groups in total. The van der Waals surface area contributed by atoms with Crippen LogP contribution >= 0.6 is 11.8 Å². The molecule has 0 saturated carbocycles. The van der Waals surface area contributed by atoms with Crippen LogP contribution in [-0.4, -0.2) is 43.9 Å². The number of nitrogens with one attached hydrogen (secondary N) is 1. The summed E-state index contributed by atoms with van der Waals surface area (Å²) in [5.41, 5.74) is 1.63. The third kappa shape index (κ3) is 3.16. The monoisotopic (exact) mass is 317 g/mol. The molecule has 3 rings (SSSR count). The van der Waals surface area contributed by atoms with Gasteiger partial charge in [0.05, 0.1) is 0 Å². The van der Waals surface area contributed by atoms with E-state index >= 15 is 0 Å². The molecule has 114 valence electrons. The van der Waals surface area contributed by atoms with Gasteiger partial charge in [-0.2, -0.15) is 5.21 Å². The highest BCUT2D eigenvalue weighted by Crippen LogP contribution is 2.29. The van der Waals surface area contributed by atoms with Crippen LogP contribution in [0.2, 0.25) is 0 Å². The van der Waals surface area contributed by atoms with E-state index in [2.05, 4.69) is 20.6 Å². The molecule has 0 bridgehead atoms. The van der Waals surface area contributed by atoms with Gasteiger partial charge in [-0.15, -0.1) is 10.2 Å². The summed E-state index contributed by atoms with van der Waals surface area (Å²) in [7, 11) is 0. The molecule has 1 aliphatic rings. The number of anilines is 1. The van der Waals surface area contributed by atoms with Gasteiger partial charge in [-0.1, -0.05) is 23.9 Å². The molecule has 1 aromatic heterocycles. The molecule has 22 heavy (non-hydrogen) atoms. The number of nitrogens with zero attached hydrogens (tertiary/aromatic N) is 4. The number of hydrogen-bond donors (Lipinski definition) is 1. The zero-order chi connectivity index (χ0) is 15.5. The first-order valence-electron chi connectivity index (χ1n) is 6.91. The molecular weight excluding hydrogens is 302 g/mol. The first-order chi connectivity index (χ1) is 10.6. The first kappa shape index (κ1) is 14.7. The van der Waals surface area contributed by atoms with E-state index in [-0.39, 0.29) is 16.9 Å². The highest BCUT2D eigenvalue weighted by atomic mass is 32.2. The molecule has 1 unspecified atom stereocenters. The Bertz CT molecular complexity index is 688. The Labute approximate surface area is 131 Å². The topological polar surface area (TPSA) is 91.8 Å². The highest BCUT2D eigenvalue weighted by Gasteiger charge is 2.30. The Balaban J connectivity index is 1.75. The van der Waals surface area contributed by atoms with Crippen molar-refractivity contribution in [2.45, 2.75) is 13.3 Å². The van der Waals surface area contributed by atoms with Gasteiger partial charge < -0.3 is 4.90 Å². The highest BCUT2D eigenvalue weighted by molar-refractivity contribution is 8.13. The second-order valence-electron chi connectivity index (χ2n) is 5.16. The number of carbonyl (C=O) groups excluding carboxylic acids is 2. The average Bonchev–Trinajstić information content (AvgIpc) is 3.15. The number of aromatic nitrogens is 4. The zero-order valence-corrected chi connectivity index (χ0v) is 12.8. The lowest BCUT2D eigenvalue weighted by Gasteiger charge is -2.17. The van der Waals surface area contributed by atoms with Gasteiger partial charge in [-0.05, 0) is 23.3 Å². The lowest BCUT2D eigenvalue weighted by atomic mass is 10.1. The van der Waals surface area contributed by atoms with Crippen molar-refractivity contribution in [3.8, 4) is 11.4 Å². The lowest BCUT2D eigenvalue weighted by Crippen LogP contribution is -2.24. The smallest absolute Gasteiger partial charge is 0.227 e. The molecular formula is C14H15N5O2S. The molecule has 1 aliphatic heterocycles. The molecule has 7 nitrogen and oxygen atoms in total. The van der Waals surface area contributed by atoms with E-state index in [0.717, 1.165) is 11.3 Å². The van der Waals surface area contributed by atoms with Crippen LogP contribution in [0, 0.1) is 5.92 Å². The Morgan fingerprint density at radius 2 is 2.36 bits per heavy atom. The molecule has 0 radical (unpaired) electrons. The summed E-state index contributed by atoms with van der Waals surface area (Å²) in [5.74, 6) is 1.47. The molecule has 0 aliphatic carbocycles. The Kier molecular flexibility index (Phi) is 4.19. The first-order valence-corrected chi connectivity index (χ1v) is 7.89. The van der Waals surface area contributed by atoms with E-state index in [9.17, 15) is 9.59 Å². The normalized spacial score (nSPS) is 18.0. The predicted octanol–water partition coefficient (Wildman–Crippen LogP) is 1.50.